The van der Waals surface area contributed by atoms with Crippen molar-refractivity contribution in [2.45, 2.75) is 127 Å². The summed E-state index contributed by atoms with van der Waals surface area (Å²) in [5.74, 6) is -12.9. The lowest BCUT2D eigenvalue weighted by molar-refractivity contribution is -0.143. The van der Waals surface area contributed by atoms with Crippen LogP contribution < -0.4 is 53.6 Å². The number of nitrogens with one attached hydrogen (secondary N) is 9. The highest BCUT2D eigenvalue weighted by Crippen LogP contribution is 2.13. The largest absolute Gasteiger partial charge is 0.508 e. The van der Waals surface area contributed by atoms with Crippen molar-refractivity contribution in [1.82, 2.24) is 47.9 Å². The van der Waals surface area contributed by atoms with Gasteiger partial charge in [0.15, 0.2) is 0 Å². The zero-order chi connectivity index (χ0) is 54.4. The summed E-state index contributed by atoms with van der Waals surface area (Å²) in [6, 6.07) is 0.497. The Balaban J connectivity index is 2.28. The molecule has 0 aromatic heterocycles. The lowest BCUT2D eigenvalue weighted by Gasteiger charge is -2.29. The fraction of sp³-hybridized carbons (Fsp3) is 0.500. The van der Waals surface area contributed by atoms with Crippen molar-refractivity contribution in [3.63, 3.8) is 0 Å². The highest BCUT2D eigenvalue weighted by Gasteiger charge is 2.37. The second kappa shape index (κ2) is 29.5. The van der Waals surface area contributed by atoms with Gasteiger partial charge in [0.25, 0.3) is 0 Å². The average Bonchev–Trinajstić information content (AvgIpc) is 3.32. The molecule has 0 spiro atoms. The monoisotopic (exact) mass is 1010 g/mol. The van der Waals surface area contributed by atoms with Gasteiger partial charge in [0.05, 0.1) is 31.6 Å². The number of rotatable bonds is 30. The zero-order valence-electron chi connectivity index (χ0n) is 40.6. The first-order chi connectivity index (χ1) is 33.8. The van der Waals surface area contributed by atoms with Gasteiger partial charge in [0.2, 0.25) is 53.2 Å². The van der Waals surface area contributed by atoms with E-state index < -0.39 is 151 Å². The van der Waals surface area contributed by atoms with E-state index in [1.165, 1.54) is 33.0 Å². The highest BCUT2D eigenvalue weighted by atomic mass is 16.4. The number of aliphatic hydroxyl groups is 2. The van der Waals surface area contributed by atoms with Gasteiger partial charge in [-0.3, -0.25) is 47.9 Å². The molecule has 396 valence electrons. The summed E-state index contributed by atoms with van der Waals surface area (Å²) in [5.41, 5.74) is 6.42. The number of primary amides is 1. The maximum atomic E-state index is 14.1. The third-order valence-corrected chi connectivity index (χ3v) is 11.2. The standard InChI is InChI=1S/C46H66N10O16/c1-7-22(2)36(55-39(64)24(4)50-41(66)32(20-35(61)62)51-38(63)23(3)49-40(65)29(48-6)17-27-13-15-28(59)16-14-27)44(69)52-30(18-26-11-9-8-10-12-26)43(68)56-37(25(5)58)45(70)53-31(19-34(47)60)42(67)54-33(21-57)46(71)72/h8-16,22-25,29-33,36-37,48,57-59H,7,17-21H2,1-6H3,(H2,47,60)(H,49,65)(H,50,66)(H,51,63)(H,52,69)(H,53,70)(H,54,67)(H,55,64)(H,56,68)(H,61,62)(H,71,72)/t22-,23+,24-,25+,29-,30-,31-,32-,33-,36-,37-/m0/s1. The van der Waals surface area contributed by atoms with E-state index in [0.717, 1.165) is 6.92 Å². The fourth-order valence-electron chi connectivity index (χ4n) is 6.72. The molecule has 0 aliphatic rings. The van der Waals surface area contributed by atoms with Crippen LogP contribution in [0.4, 0.5) is 0 Å². The first-order valence-electron chi connectivity index (χ1n) is 22.8. The number of carboxylic acids is 2. The minimum Gasteiger partial charge on any atom is -0.508 e. The summed E-state index contributed by atoms with van der Waals surface area (Å²) in [6.45, 7) is 5.85. The predicted molar refractivity (Wildman–Crippen MR) is 254 cm³/mol. The Bertz CT molecular complexity index is 2230. The second-order valence-corrected chi connectivity index (χ2v) is 17.0. The van der Waals surface area contributed by atoms with E-state index in [-0.39, 0.29) is 25.0 Å². The molecule has 26 heteroatoms. The van der Waals surface area contributed by atoms with Gasteiger partial charge in [0, 0.05) is 6.42 Å². The van der Waals surface area contributed by atoms with Gasteiger partial charge in [-0.05, 0) is 63.4 Å². The molecule has 0 unspecified atom stereocenters. The number of carboxylic acid groups (broad SMARTS) is 2. The van der Waals surface area contributed by atoms with Crippen molar-refractivity contribution >= 4 is 65.1 Å². The number of amides is 9. The van der Waals surface area contributed by atoms with Crippen LogP contribution in [0.1, 0.15) is 65.0 Å². The number of hydrogen-bond acceptors (Lipinski definition) is 15. The van der Waals surface area contributed by atoms with Gasteiger partial charge in [0.1, 0.15) is 54.1 Å². The third kappa shape index (κ3) is 20.0. The van der Waals surface area contributed by atoms with E-state index in [1.807, 2.05) is 5.32 Å². The van der Waals surface area contributed by atoms with Gasteiger partial charge in [-0.15, -0.1) is 0 Å². The zero-order valence-corrected chi connectivity index (χ0v) is 40.6. The molecule has 9 amide bonds. The molecule has 2 aromatic rings. The van der Waals surface area contributed by atoms with Crippen LogP contribution in [-0.2, 0) is 65.6 Å². The normalized spacial score (nSPS) is 15.6. The summed E-state index contributed by atoms with van der Waals surface area (Å²) in [7, 11) is 1.52. The number of aliphatic hydroxyl groups excluding tert-OH is 2. The SMILES string of the molecule is CC[C@H](C)[C@H](NC(=O)[C@H](C)NC(=O)[C@H](CC(=O)O)NC(=O)[C@@H](C)NC(=O)[C@H](Cc1ccc(O)cc1)NC)C(=O)N[C@@H](Cc1ccccc1)C(=O)N[C@H](C(=O)N[C@@H](CC(N)=O)C(=O)N[C@@H](CO)C(=O)O)[C@@H](C)O. The van der Waals surface area contributed by atoms with E-state index in [4.69, 9.17) is 5.73 Å². The molecule has 2 rings (SSSR count). The van der Waals surface area contributed by atoms with Crippen molar-refractivity contribution < 1.29 is 78.3 Å². The smallest absolute Gasteiger partial charge is 0.328 e. The van der Waals surface area contributed by atoms with Gasteiger partial charge in [-0.1, -0.05) is 62.7 Å². The Morgan fingerprint density at radius 3 is 1.46 bits per heavy atom. The highest BCUT2D eigenvalue weighted by molar-refractivity contribution is 5.99. The van der Waals surface area contributed by atoms with Crippen LogP contribution >= 0.6 is 0 Å². The Morgan fingerprint density at radius 2 is 0.958 bits per heavy atom. The summed E-state index contributed by atoms with van der Waals surface area (Å²) < 4.78 is 0. The van der Waals surface area contributed by atoms with Crippen LogP contribution in [0.2, 0.25) is 0 Å². The summed E-state index contributed by atoms with van der Waals surface area (Å²) in [4.78, 5) is 143. The van der Waals surface area contributed by atoms with Crippen molar-refractivity contribution in [3.05, 3.63) is 65.7 Å². The maximum absolute atomic E-state index is 14.1. The molecule has 0 heterocycles. The molecule has 0 saturated heterocycles. The molecule has 26 nitrogen and oxygen atoms in total. The van der Waals surface area contributed by atoms with E-state index in [1.54, 1.807) is 56.3 Å². The molecule has 16 N–H and O–H groups in total. The van der Waals surface area contributed by atoms with Crippen LogP contribution in [0, 0.1) is 5.92 Å². The molecule has 2 aromatic carbocycles. The van der Waals surface area contributed by atoms with Gasteiger partial charge in [-0.25, -0.2) is 4.79 Å². The van der Waals surface area contributed by atoms with E-state index in [2.05, 4.69) is 42.5 Å². The number of benzene rings is 2. The van der Waals surface area contributed by atoms with Gasteiger partial charge in [-0.2, -0.15) is 0 Å². The molecule has 72 heavy (non-hydrogen) atoms. The van der Waals surface area contributed by atoms with E-state index >= 15 is 0 Å². The minimum atomic E-state index is -1.87. The number of likely N-dealkylation sites (N-methyl/N-ethyl adjacent to an activating group) is 1. The lowest BCUT2D eigenvalue weighted by atomic mass is 9.96. The molecule has 11 atom stereocenters. The number of aliphatic carboxylic acids is 2. The molecule has 0 saturated carbocycles. The molecule has 0 fully saturated rings. The summed E-state index contributed by atoms with van der Waals surface area (Å²) >= 11 is 0. The molecular weight excluding hydrogens is 949 g/mol. The van der Waals surface area contributed by atoms with Crippen molar-refractivity contribution in [2.24, 2.45) is 11.7 Å². The van der Waals surface area contributed by atoms with Crippen LogP contribution in [0.3, 0.4) is 0 Å². The number of nitrogens with two attached hydrogens (primary N) is 1. The van der Waals surface area contributed by atoms with Crippen LogP contribution in [0.5, 0.6) is 5.75 Å². The molecule has 0 aliphatic heterocycles. The number of phenolic OH excluding ortho intramolecular Hbond substituents is 1. The molecule has 0 radical (unpaired) electrons. The Hall–Kier alpha value is -7.71. The number of carbonyl (C=O) groups is 11. The lowest BCUT2D eigenvalue weighted by Crippen LogP contribution is -2.62. The minimum absolute atomic E-state index is 0.0263. The Kier molecular flexibility index (Phi) is 24.7. The average molecular weight is 1020 g/mol. The predicted octanol–water partition coefficient (Wildman–Crippen LogP) is -4.46. The summed E-state index contributed by atoms with van der Waals surface area (Å²) in [5, 5.41) is 69.7. The van der Waals surface area contributed by atoms with E-state index in [0.29, 0.717) is 11.1 Å². The Morgan fingerprint density at radius 1 is 0.528 bits per heavy atom. The van der Waals surface area contributed by atoms with Gasteiger partial charge >= 0.3 is 11.9 Å². The second-order valence-electron chi connectivity index (χ2n) is 17.0. The van der Waals surface area contributed by atoms with Crippen molar-refractivity contribution in [3.8, 4) is 5.75 Å². The molecule has 0 aliphatic carbocycles. The van der Waals surface area contributed by atoms with Crippen LogP contribution in [-0.4, -0.2) is 165 Å². The van der Waals surface area contributed by atoms with Crippen molar-refractivity contribution in [1.29, 1.82) is 0 Å². The summed E-state index contributed by atoms with van der Waals surface area (Å²) in [6.07, 6.45) is -3.27. The third-order valence-electron chi connectivity index (χ3n) is 11.2. The van der Waals surface area contributed by atoms with Crippen LogP contribution in [0.25, 0.3) is 0 Å². The van der Waals surface area contributed by atoms with Crippen LogP contribution in [0.15, 0.2) is 54.6 Å². The fourth-order valence-corrected chi connectivity index (χ4v) is 6.72. The quantitative estimate of drug-likeness (QED) is 0.0351. The Labute approximate surface area is 414 Å². The topological polar surface area (TPSA) is 423 Å². The molecule has 0 bridgehead atoms. The first-order valence-corrected chi connectivity index (χ1v) is 22.8. The number of carbonyl (C=O) groups excluding carboxylic acids is 9. The molecular formula is C46H66N10O16. The van der Waals surface area contributed by atoms with E-state index in [9.17, 15) is 78.3 Å². The first kappa shape index (κ1) is 60.4. The van der Waals surface area contributed by atoms with Gasteiger partial charge < -0.3 is 79.1 Å². The van der Waals surface area contributed by atoms with Crippen molar-refractivity contribution in [2.75, 3.05) is 13.7 Å². The number of phenols is 1. The maximum Gasteiger partial charge on any atom is 0.328 e. The number of hydrogen-bond donors (Lipinski definition) is 15. The number of aromatic hydroxyl groups is 1.